The Morgan fingerprint density at radius 1 is 1.37 bits per heavy atom. The minimum absolute atomic E-state index is 0.198. The van der Waals surface area contributed by atoms with Gasteiger partial charge >= 0.3 is 0 Å². The third kappa shape index (κ3) is 3.11. The summed E-state index contributed by atoms with van der Waals surface area (Å²) in [5.74, 6) is -0.795. The maximum Gasteiger partial charge on any atom is 0.272 e. The molecule has 0 saturated carbocycles. The minimum atomic E-state index is -0.407. The van der Waals surface area contributed by atoms with Crippen molar-refractivity contribution >= 4 is 50.7 Å². The van der Waals surface area contributed by atoms with Crippen LogP contribution in [0.25, 0.3) is 0 Å². The van der Waals surface area contributed by atoms with Gasteiger partial charge in [0.25, 0.3) is 5.91 Å². The Kier molecular flexibility index (Phi) is 4.18. The first kappa shape index (κ1) is 14.4. The second-order valence-electron chi connectivity index (χ2n) is 3.88. The highest BCUT2D eigenvalue weighted by Crippen LogP contribution is 2.26. The molecule has 1 aromatic carbocycles. The van der Waals surface area contributed by atoms with E-state index in [1.165, 1.54) is 18.2 Å². The van der Waals surface area contributed by atoms with E-state index in [0.717, 1.165) is 0 Å². The summed E-state index contributed by atoms with van der Waals surface area (Å²) in [5, 5.41) is 3.12. The number of anilines is 1. The van der Waals surface area contributed by atoms with Crippen LogP contribution in [0.1, 0.15) is 16.1 Å². The van der Waals surface area contributed by atoms with E-state index in [1.807, 2.05) is 0 Å². The first-order chi connectivity index (χ1) is 8.88. The number of hydrogen-bond acceptors (Lipinski definition) is 1. The molecule has 1 heterocycles. The van der Waals surface area contributed by atoms with Gasteiger partial charge in [0, 0.05) is 5.69 Å². The van der Waals surface area contributed by atoms with Crippen molar-refractivity contribution in [2.24, 2.45) is 0 Å². The molecule has 0 bridgehead atoms. The second-order valence-corrected chi connectivity index (χ2v) is 5.52. The Labute approximate surface area is 127 Å². The summed E-state index contributed by atoms with van der Waals surface area (Å²) in [6, 6.07) is 4.25. The molecule has 7 heteroatoms. The molecule has 19 heavy (non-hydrogen) atoms. The molecule has 2 aromatic rings. The van der Waals surface area contributed by atoms with Gasteiger partial charge in [-0.15, -0.1) is 0 Å². The van der Waals surface area contributed by atoms with Crippen LogP contribution >= 0.6 is 39.1 Å². The molecule has 0 aliphatic carbocycles. The van der Waals surface area contributed by atoms with Gasteiger partial charge in [-0.3, -0.25) is 4.79 Å². The predicted molar refractivity (Wildman–Crippen MR) is 77.6 cm³/mol. The monoisotopic (exact) mass is 364 g/mol. The van der Waals surface area contributed by atoms with Gasteiger partial charge in [-0.25, -0.2) is 4.39 Å². The Bertz CT molecular complexity index is 638. The van der Waals surface area contributed by atoms with Crippen LogP contribution in [0, 0.1) is 12.7 Å². The molecule has 0 aliphatic rings. The molecule has 2 N–H and O–H groups in total. The average Bonchev–Trinajstić information content (AvgIpc) is 2.67. The average molecular weight is 366 g/mol. The van der Waals surface area contributed by atoms with Gasteiger partial charge in [-0.1, -0.05) is 23.2 Å². The zero-order valence-corrected chi connectivity index (χ0v) is 12.8. The summed E-state index contributed by atoms with van der Waals surface area (Å²) in [7, 11) is 0. The number of nitrogens with one attached hydrogen (secondary N) is 2. The van der Waals surface area contributed by atoms with Gasteiger partial charge in [0.05, 0.1) is 9.50 Å². The summed E-state index contributed by atoms with van der Waals surface area (Å²) in [5.41, 5.74) is 1.34. The molecule has 0 spiro atoms. The van der Waals surface area contributed by atoms with Crippen LogP contribution in [0.4, 0.5) is 10.1 Å². The van der Waals surface area contributed by atoms with E-state index in [4.69, 9.17) is 23.2 Å². The molecule has 0 atom stereocenters. The zero-order chi connectivity index (χ0) is 14.2. The van der Waals surface area contributed by atoms with Gasteiger partial charge < -0.3 is 10.3 Å². The Morgan fingerprint density at radius 3 is 2.63 bits per heavy atom. The van der Waals surface area contributed by atoms with E-state index >= 15 is 0 Å². The van der Waals surface area contributed by atoms with Gasteiger partial charge in [-0.05, 0) is 46.6 Å². The first-order valence-corrected chi connectivity index (χ1v) is 6.74. The van der Waals surface area contributed by atoms with Crippen LogP contribution in [0.3, 0.4) is 0 Å². The third-order valence-corrected chi connectivity index (χ3v) is 3.79. The van der Waals surface area contributed by atoms with Gasteiger partial charge in [0.1, 0.15) is 16.7 Å². The lowest BCUT2D eigenvalue weighted by Gasteiger charge is -2.08. The number of aromatic amines is 1. The van der Waals surface area contributed by atoms with Crippen molar-refractivity contribution in [3.8, 4) is 0 Å². The topological polar surface area (TPSA) is 44.9 Å². The van der Waals surface area contributed by atoms with Crippen LogP contribution in [-0.2, 0) is 0 Å². The highest BCUT2D eigenvalue weighted by atomic mass is 79.9. The van der Waals surface area contributed by atoms with Crippen LogP contribution in [0.2, 0.25) is 10.2 Å². The number of aromatic nitrogens is 1. The number of carbonyl (C=O) groups is 1. The lowest BCUT2D eigenvalue weighted by Crippen LogP contribution is -2.13. The fourth-order valence-corrected chi connectivity index (χ4v) is 2.15. The van der Waals surface area contributed by atoms with Crippen LogP contribution in [-0.4, -0.2) is 10.9 Å². The van der Waals surface area contributed by atoms with Gasteiger partial charge in [0.15, 0.2) is 0 Å². The van der Waals surface area contributed by atoms with Crippen molar-refractivity contribution in [2.75, 3.05) is 5.32 Å². The standard InChI is InChI=1S/C12H8BrCl2FN2O/c1-5-2-8(16)6(13)3-9(5)18-12(19)10-4-7(14)11(15)17-10/h2-4,17H,1H3,(H,18,19). The first-order valence-electron chi connectivity index (χ1n) is 5.19. The molecule has 0 aliphatic heterocycles. The maximum absolute atomic E-state index is 13.3. The van der Waals surface area contributed by atoms with Crippen molar-refractivity contribution in [3.63, 3.8) is 0 Å². The van der Waals surface area contributed by atoms with Crippen LogP contribution in [0.5, 0.6) is 0 Å². The molecule has 1 aromatic heterocycles. The molecule has 0 fully saturated rings. The summed E-state index contributed by atoms with van der Waals surface area (Å²) < 4.78 is 13.5. The molecular weight excluding hydrogens is 358 g/mol. The van der Waals surface area contributed by atoms with E-state index in [0.29, 0.717) is 11.3 Å². The van der Waals surface area contributed by atoms with E-state index < -0.39 is 5.91 Å². The third-order valence-electron chi connectivity index (χ3n) is 2.49. The fraction of sp³-hybridized carbons (Fsp3) is 0.0833. The zero-order valence-electron chi connectivity index (χ0n) is 9.65. The van der Waals surface area contributed by atoms with Crippen molar-refractivity contribution in [3.05, 3.63) is 49.9 Å². The number of amides is 1. The SMILES string of the molecule is Cc1cc(F)c(Br)cc1NC(=O)c1cc(Cl)c(Cl)[nH]1. The minimum Gasteiger partial charge on any atom is -0.340 e. The fourth-order valence-electron chi connectivity index (χ4n) is 1.50. The number of H-pyrrole nitrogens is 1. The number of benzene rings is 1. The van der Waals surface area contributed by atoms with Crippen LogP contribution in [0.15, 0.2) is 22.7 Å². The highest BCUT2D eigenvalue weighted by molar-refractivity contribution is 9.10. The molecule has 100 valence electrons. The van der Waals surface area contributed by atoms with Crippen molar-refractivity contribution < 1.29 is 9.18 Å². The van der Waals surface area contributed by atoms with Crippen LogP contribution < -0.4 is 5.32 Å². The quantitative estimate of drug-likeness (QED) is 0.789. The van der Waals surface area contributed by atoms with Crippen molar-refractivity contribution in [1.29, 1.82) is 0 Å². The Morgan fingerprint density at radius 2 is 2.05 bits per heavy atom. The Balaban J connectivity index is 2.26. The number of carbonyl (C=O) groups excluding carboxylic acids is 1. The molecular formula is C12H8BrCl2FN2O. The number of rotatable bonds is 2. The lowest BCUT2D eigenvalue weighted by atomic mass is 10.2. The Hall–Kier alpha value is -1.04. The van der Waals surface area contributed by atoms with Crippen molar-refractivity contribution in [1.82, 2.24) is 4.98 Å². The van der Waals surface area contributed by atoms with E-state index in [1.54, 1.807) is 6.92 Å². The van der Waals surface area contributed by atoms with E-state index in [2.05, 4.69) is 26.2 Å². The number of hydrogen-bond donors (Lipinski definition) is 2. The normalized spacial score (nSPS) is 10.6. The summed E-state index contributed by atoms with van der Waals surface area (Å²) >= 11 is 14.5. The maximum atomic E-state index is 13.3. The van der Waals surface area contributed by atoms with Crippen molar-refractivity contribution in [2.45, 2.75) is 6.92 Å². The predicted octanol–water partition coefficient (Wildman–Crippen LogP) is 4.78. The number of halogens is 4. The van der Waals surface area contributed by atoms with E-state index in [-0.39, 0.29) is 26.2 Å². The molecule has 1 amide bonds. The number of aryl methyl sites for hydroxylation is 1. The molecule has 0 saturated heterocycles. The summed E-state index contributed by atoms with van der Waals surface area (Å²) in [6.45, 7) is 1.69. The molecule has 0 unspecified atom stereocenters. The second kappa shape index (κ2) is 5.53. The van der Waals surface area contributed by atoms with E-state index in [9.17, 15) is 9.18 Å². The lowest BCUT2D eigenvalue weighted by molar-refractivity contribution is 0.102. The molecule has 0 radical (unpaired) electrons. The molecule has 3 nitrogen and oxygen atoms in total. The highest BCUT2D eigenvalue weighted by Gasteiger charge is 2.14. The summed E-state index contributed by atoms with van der Waals surface area (Å²) in [4.78, 5) is 14.6. The summed E-state index contributed by atoms with van der Waals surface area (Å²) in [6.07, 6.45) is 0. The largest absolute Gasteiger partial charge is 0.340 e. The smallest absolute Gasteiger partial charge is 0.272 e. The van der Waals surface area contributed by atoms with Gasteiger partial charge in [-0.2, -0.15) is 0 Å². The van der Waals surface area contributed by atoms with Gasteiger partial charge in [0.2, 0.25) is 0 Å². The molecule has 2 rings (SSSR count).